The highest BCUT2D eigenvalue weighted by Gasteiger charge is 2.33. The van der Waals surface area contributed by atoms with E-state index in [0.29, 0.717) is 17.7 Å². The summed E-state index contributed by atoms with van der Waals surface area (Å²) in [5, 5.41) is 5.73. The van der Waals surface area contributed by atoms with Gasteiger partial charge in [0.1, 0.15) is 0 Å². The third-order valence-corrected chi connectivity index (χ3v) is 6.03. The van der Waals surface area contributed by atoms with E-state index in [1.54, 1.807) is 0 Å². The van der Waals surface area contributed by atoms with Gasteiger partial charge < -0.3 is 15.1 Å². The Hall–Kier alpha value is -2.51. The number of imide groups is 1. The normalized spacial score (nSPS) is 17.3. The summed E-state index contributed by atoms with van der Waals surface area (Å²) in [7, 11) is 0. The van der Waals surface area contributed by atoms with Crippen LogP contribution in [0.2, 0.25) is 0 Å². The highest BCUT2D eigenvalue weighted by Crippen LogP contribution is 2.29. The lowest BCUT2D eigenvalue weighted by molar-refractivity contribution is -0.903. The lowest BCUT2D eigenvalue weighted by Crippen LogP contribution is -3.15. The number of nitrogens with one attached hydrogen (secondary N) is 2. The van der Waals surface area contributed by atoms with E-state index in [4.69, 9.17) is 12.2 Å². The molecular weight excluding hydrogens is 372 g/mol. The molecule has 0 unspecified atom stereocenters. The average Bonchev–Trinajstić information content (AvgIpc) is 2.72. The average molecular weight is 398 g/mol. The van der Waals surface area contributed by atoms with Crippen molar-refractivity contribution in [3.05, 3.63) is 47.5 Å². The number of hydrogen-bond donors (Lipinski definition) is 2. The van der Waals surface area contributed by atoms with Crippen molar-refractivity contribution < 1.29 is 14.5 Å². The number of piperazine rings is 1. The smallest absolute Gasteiger partial charge is 0.261 e. The number of quaternary nitrogens is 1. The fourth-order valence-corrected chi connectivity index (χ4v) is 4.42. The first kappa shape index (κ1) is 18.8. The second-order valence-corrected chi connectivity index (χ2v) is 7.68. The van der Waals surface area contributed by atoms with Gasteiger partial charge in [-0.05, 0) is 36.7 Å². The molecule has 0 aromatic heterocycles. The minimum atomic E-state index is -0.180. The van der Waals surface area contributed by atoms with Crippen molar-refractivity contribution in [3.63, 3.8) is 0 Å². The van der Waals surface area contributed by atoms with Crippen LogP contribution in [0.1, 0.15) is 27.6 Å². The van der Waals surface area contributed by atoms with E-state index in [2.05, 4.69) is 10.2 Å². The maximum atomic E-state index is 13.0. The zero-order valence-electron chi connectivity index (χ0n) is 16.0. The van der Waals surface area contributed by atoms with Gasteiger partial charge in [-0.1, -0.05) is 24.3 Å². The quantitative estimate of drug-likeness (QED) is 0.582. The van der Waals surface area contributed by atoms with Crippen molar-refractivity contribution >= 4 is 39.9 Å². The molecule has 2 heterocycles. The van der Waals surface area contributed by atoms with Crippen molar-refractivity contribution in [1.82, 2.24) is 15.1 Å². The van der Waals surface area contributed by atoms with Gasteiger partial charge in [0, 0.05) is 23.1 Å². The van der Waals surface area contributed by atoms with Crippen LogP contribution >= 0.6 is 12.2 Å². The van der Waals surface area contributed by atoms with Crippen molar-refractivity contribution in [2.24, 2.45) is 0 Å². The SMILES string of the molecule is CCNC(=S)N1CC[NH+](CCN2C(=O)c3cccc4cccc(c34)C2=O)CC1. The van der Waals surface area contributed by atoms with Crippen LogP contribution in [0.4, 0.5) is 0 Å². The largest absolute Gasteiger partial charge is 0.363 e. The molecule has 4 rings (SSSR count). The van der Waals surface area contributed by atoms with Crippen molar-refractivity contribution in [2.45, 2.75) is 6.92 Å². The molecule has 0 atom stereocenters. The van der Waals surface area contributed by atoms with Crippen LogP contribution < -0.4 is 10.2 Å². The van der Waals surface area contributed by atoms with E-state index in [0.717, 1.165) is 55.2 Å². The van der Waals surface area contributed by atoms with Crippen LogP contribution in [0.15, 0.2) is 36.4 Å². The van der Waals surface area contributed by atoms with E-state index >= 15 is 0 Å². The predicted octanol–water partition coefficient (Wildman–Crippen LogP) is 0.531. The summed E-state index contributed by atoms with van der Waals surface area (Å²) in [6.07, 6.45) is 0. The summed E-state index contributed by atoms with van der Waals surface area (Å²) in [5.41, 5.74) is 1.26. The van der Waals surface area contributed by atoms with Gasteiger partial charge in [-0.25, -0.2) is 0 Å². The lowest BCUT2D eigenvalue weighted by Gasteiger charge is -2.35. The third-order valence-electron chi connectivity index (χ3n) is 5.63. The molecule has 7 heteroatoms. The first-order valence-corrected chi connectivity index (χ1v) is 10.2. The second kappa shape index (κ2) is 7.85. The molecule has 2 aromatic rings. The first-order chi connectivity index (χ1) is 13.6. The van der Waals surface area contributed by atoms with Crippen LogP contribution in [-0.4, -0.2) is 72.5 Å². The molecule has 6 nitrogen and oxygen atoms in total. The van der Waals surface area contributed by atoms with Crippen molar-refractivity contribution in [3.8, 4) is 0 Å². The molecule has 146 valence electrons. The highest BCUT2D eigenvalue weighted by molar-refractivity contribution is 7.80. The number of hydrogen-bond acceptors (Lipinski definition) is 3. The van der Waals surface area contributed by atoms with E-state index in [1.807, 2.05) is 43.3 Å². The second-order valence-electron chi connectivity index (χ2n) is 7.29. The van der Waals surface area contributed by atoms with E-state index in [9.17, 15) is 9.59 Å². The van der Waals surface area contributed by atoms with Gasteiger partial charge in [0.2, 0.25) is 0 Å². The molecule has 0 saturated carbocycles. The number of thiocarbonyl (C=S) groups is 1. The van der Waals surface area contributed by atoms with Crippen LogP contribution in [0, 0.1) is 0 Å². The molecule has 2 aromatic carbocycles. The first-order valence-electron chi connectivity index (χ1n) is 9.84. The molecule has 2 N–H and O–H groups in total. The highest BCUT2D eigenvalue weighted by atomic mass is 32.1. The van der Waals surface area contributed by atoms with Gasteiger partial charge >= 0.3 is 0 Å². The van der Waals surface area contributed by atoms with Crippen LogP contribution in [0.5, 0.6) is 0 Å². The predicted molar refractivity (Wildman–Crippen MR) is 113 cm³/mol. The Morgan fingerprint density at radius 1 is 1.07 bits per heavy atom. The van der Waals surface area contributed by atoms with Crippen molar-refractivity contribution in [2.75, 3.05) is 45.8 Å². The molecule has 0 spiro atoms. The standard InChI is InChI=1S/C21H24N4O2S/c1-2-22-21(28)24-12-9-23(10-13-24)11-14-25-19(26)16-7-3-5-15-6-4-8-17(18(15)16)20(25)27/h3-8H,2,9-14H2,1H3,(H,22,28)/p+1. The molecule has 1 fully saturated rings. The molecule has 28 heavy (non-hydrogen) atoms. The fraction of sp³-hybridized carbons (Fsp3) is 0.381. The Labute approximate surface area is 170 Å². The monoisotopic (exact) mass is 397 g/mol. The Morgan fingerprint density at radius 2 is 1.68 bits per heavy atom. The van der Waals surface area contributed by atoms with Gasteiger partial charge in [-0.15, -0.1) is 0 Å². The van der Waals surface area contributed by atoms with Crippen LogP contribution in [-0.2, 0) is 0 Å². The molecule has 2 amide bonds. The van der Waals surface area contributed by atoms with Crippen molar-refractivity contribution in [1.29, 1.82) is 0 Å². The molecule has 2 aliphatic heterocycles. The third kappa shape index (κ3) is 3.36. The summed E-state index contributed by atoms with van der Waals surface area (Å²) < 4.78 is 0. The zero-order valence-corrected chi connectivity index (χ0v) is 16.8. The summed E-state index contributed by atoms with van der Waals surface area (Å²) in [5.74, 6) is -0.360. The van der Waals surface area contributed by atoms with Crippen LogP contribution in [0.3, 0.4) is 0 Å². The summed E-state index contributed by atoms with van der Waals surface area (Å²) in [4.78, 5) is 30.9. The van der Waals surface area contributed by atoms with Gasteiger partial charge in [-0.3, -0.25) is 14.5 Å². The maximum Gasteiger partial charge on any atom is 0.261 e. The molecular formula is C21H25N4O2S+. The fourth-order valence-electron chi connectivity index (χ4n) is 4.09. The lowest BCUT2D eigenvalue weighted by atomic mass is 9.94. The number of carbonyl (C=O) groups is 2. The molecule has 0 aliphatic carbocycles. The van der Waals surface area contributed by atoms with Gasteiger partial charge in [-0.2, -0.15) is 0 Å². The number of nitrogens with zero attached hydrogens (tertiary/aromatic N) is 2. The molecule has 2 aliphatic rings. The Bertz CT molecular complexity index is 886. The molecule has 1 saturated heterocycles. The van der Waals surface area contributed by atoms with E-state index in [-0.39, 0.29) is 11.8 Å². The molecule has 0 bridgehead atoms. The van der Waals surface area contributed by atoms with Gasteiger partial charge in [0.05, 0.1) is 39.3 Å². The summed E-state index contributed by atoms with van der Waals surface area (Å²) >= 11 is 5.39. The van der Waals surface area contributed by atoms with Gasteiger partial charge in [0.25, 0.3) is 11.8 Å². The Kier molecular flexibility index (Phi) is 5.28. The Morgan fingerprint density at radius 3 is 2.25 bits per heavy atom. The summed E-state index contributed by atoms with van der Waals surface area (Å²) in [6.45, 7) is 7.77. The van der Waals surface area contributed by atoms with E-state index in [1.165, 1.54) is 9.80 Å². The maximum absolute atomic E-state index is 13.0. The number of benzene rings is 2. The topological polar surface area (TPSA) is 57.1 Å². The van der Waals surface area contributed by atoms with Gasteiger partial charge in [0.15, 0.2) is 5.11 Å². The summed E-state index contributed by atoms with van der Waals surface area (Å²) in [6, 6.07) is 11.3. The minimum Gasteiger partial charge on any atom is -0.363 e. The number of amides is 2. The number of rotatable bonds is 4. The van der Waals surface area contributed by atoms with Crippen LogP contribution in [0.25, 0.3) is 10.8 Å². The van der Waals surface area contributed by atoms with E-state index < -0.39 is 0 Å². The Balaban J connectivity index is 1.42. The molecule has 0 radical (unpaired) electrons. The zero-order chi connectivity index (χ0) is 19.7. The number of carbonyl (C=O) groups excluding carboxylic acids is 2. The minimum absolute atomic E-state index is 0.180.